The minimum atomic E-state index is -0.807. The first-order valence-electron chi connectivity index (χ1n) is 4.97. The monoisotopic (exact) mass is 286 g/mol. The lowest BCUT2D eigenvalue weighted by Gasteiger charge is -2.14. The molecule has 1 unspecified atom stereocenters. The molecule has 88 valence electrons. The molecule has 0 aliphatic carbocycles. The van der Waals surface area contributed by atoms with E-state index in [-0.39, 0.29) is 0 Å². The van der Waals surface area contributed by atoms with Gasteiger partial charge >= 0.3 is 0 Å². The summed E-state index contributed by atoms with van der Waals surface area (Å²) in [6.07, 6.45) is -0.807. The first kappa shape index (κ1) is 12.7. The third kappa shape index (κ3) is 2.75. The Balaban J connectivity index is 2.44. The molecule has 0 radical (unpaired) electrons. The average Bonchev–Trinajstić information content (AvgIpc) is 2.34. The number of rotatable bonds is 2. The smallest absolute Gasteiger partial charge is 0.106 e. The molecule has 2 aromatic rings. The van der Waals surface area contributed by atoms with Crippen molar-refractivity contribution in [1.29, 1.82) is 0 Å². The molecule has 0 heterocycles. The number of benzene rings is 2. The van der Waals surface area contributed by atoms with Crippen molar-refractivity contribution in [1.82, 2.24) is 0 Å². The van der Waals surface area contributed by atoms with E-state index in [2.05, 4.69) is 0 Å². The second-order valence-corrected chi connectivity index (χ2v) is 4.82. The summed E-state index contributed by atoms with van der Waals surface area (Å²) in [6, 6.07) is 12.4. The normalized spacial score (nSPS) is 12.5. The van der Waals surface area contributed by atoms with Crippen LogP contribution in [0.25, 0.3) is 0 Å². The summed E-state index contributed by atoms with van der Waals surface area (Å²) >= 11 is 17.8. The molecule has 0 fully saturated rings. The van der Waals surface area contributed by atoms with E-state index < -0.39 is 6.10 Å². The number of hydrogen-bond acceptors (Lipinski definition) is 1. The van der Waals surface area contributed by atoms with Crippen molar-refractivity contribution in [3.05, 3.63) is 68.7 Å². The highest BCUT2D eigenvalue weighted by Crippen LogP contribution is 2.34. The van der Waals surface area contributed by atoms with Crippen molar-refractivity contribution in [2.75, 3.05) is 0 Å². The van der Waals surface area contributed by atoms with Gasteiger partial charge in [0.25, 0.3) is 0 Å². The number of aliphatic hydroxyl groups excluding tert-OH is 1. The Hall–Kier alpha value is -0.730. The standard InChI is InChI=1S/C13H9Cl3O/c14-10-7-12(16)11(15)6-9(10)13(17)8-4-2-1-3-5-8/h1-7,13,17H. The highest BCUT2D eigenvalue weighted by Gasteiger charge is 2.15. The lowest BCUT2D eigenvalue weighted by molar-refractivity contribution is 0.220. The van der Waals surface area contributed by atoms with Gasteiger partial charge in [-0.3, -0.25) is 0 Å². The predicted molar refractivity (Wildman–Crippen MR) is 72.0 cm³/mol. The summed E-state index contributed by atoms with van der Waals surface area (Å²) in [4.78, 5) is 0. The fourth-order valence-corrected chi connectivity index (χ4v) is 2.22. The van der Waals surface area contributed by atoms with Crippen LogP contribution in [0.1, 0.15) is 17.2 Å². The summed E-state index contributed by atoms with van der Waals surface area (Å²) in [5, 5.41) is 11.4. The van der Waals surface area contributed by atoms with Gasteiger partial charge in [-0.1, -0.05) is 65.1 Å². The van der Waals surface area contributed by atoms with Gasteiger partial charge in [-0.25, -0.2) is 0 Å². The van der Waals surface area contributed by atoms with E-state index in [9.17, 15) is 5.11 Å². The minimum Gasteiger partial charge on any atom is -0.384 e. The van der Waals surface area contributed by atoms with Crippen LogP contribution in [0, 0.1) is 0 Å². The molecular weight excluding hydrogens is 279 g/mol. The second-order valence-electron chi connectivity index (χ2n) is 3.60. The Morgan fingerprint density at radius 2 is 1.41 bits per heavy atom. The van der Waals surface area contributed by atoms with E-state index >= 15 is 0 Å². The number of aliphatic hydroxyl groups is 1. The second kappa shape index (κ2) is 5.28. The molecule has 2 rings (SSSR count). The van der Waals surface area contributed by atoms with Gasteiger partial charge < -0.3 is 5.11 Å². The van der Waals surface area contributed by atoms with Crippen LogP contribution < -0.4 is 0 Å². The third-order valence-corrected chi connectivity index (χ3v) is 3.50. The maximum atomic E-state index is 10.2. The van der Waals surface area contributed by atoms with Crippen molar-refractivity contribution in [3.8, 4) is 0 Å². The van der Waals surface area contributed by atoms with Crippen molar-refractivity contribution >= 4 is 34.8 Å². The topological polar surface area (TPSA) is 20.2 Å². The Bertz CT molecular complexity index is 526. The quantitative estimate of drug-likeness (QED) is 0.792. The van der Waals surface area contributed by atoms with E-state index in [1.807, 2.05) is 30.3 Å². The van der Waals surface area contributed by atoms with Crippen LogP contribution in [-0.4, -0.2) is 5.11 Å². The van der Waals surface area contributed by atoms with Gasteiger partial charge in [0.1, 0.15) is 6.10 Å². The van der Waals surface area contributed by atoms with Crippen molar-refractivity contribution in [3.63, 3.8) is 0 Å². The lowest BCUT2D eigenvalue weighted by Crippen LogP contribution is -2.00. The SMILES string of the molecule is OC(c1ccccc1)c1cc(Cl)c(Cl)cc1Cl. The highest BCUT2D eigenvalue weighted by atomic mass is 35.5. The van der Waals surface area contributed by atoms with Gasteiger partial charge in [0, 0.05) is 10.6 Å². The van der Waals surface area contributed by atoms with Crippen LogP contribution in [-0.2, 0) is 0 Å². The van der Waals surface area contributed by atoms with Gasteiger partial charge in [-0.05, 0) is 17.7 Å². The van der Waals surface area contributed by atoms with Crippen molar-refractivity contribution in [2.24, 2.45) is 0 Å². The molecule has 0 saturated heterocycles. The van der Waals surface area contributed by atoms with E-state index in [0.29, 0.717) is 20.6 Å². The molecule has 0 spiro atoms. The number of hydrogen-bond donors (Lipinski definition) is 1. The predicted octanol–water partition coefficient (Wildman–Crippen LogP) is 4.73. The fraction of sp³-hybridized carbons (Fsp3) is 0.0769. The molecule has 0 aromatic heterocycles. The van der Waals surface area contributed by atoms with Crippen LogP contribution in [0.5, 0.6) is 0 Å². The molecule has 17 heavy (non-hydrogen) atoms. The molecule has 2 aromatic carbocycles. The molecule has 0 aliphatic rings. The van der Waals surface area contributed by atoms with Gasteiger partial charge in [-0.2, -0.15) is 0 Å². The van der Waals surface area contributed by atoms with Crippen LogP contribution in [0.3, 0.4) is 0 Å². The Morgan fingerprint density at radius 1 is 0.824 bits per heavy atom. The molecule has 0 saturated carbocycles. The lowest BCUT2D eigenvalue weighted by atomic mass is 10.0. The van der Waals surface area contributed by atoms with Crippen LogP contribution in [0.15, 0.2) is 42.5 Å². The molecule has 0 bridgehead atoms. The summed E-state index contributed by atoms with van der Waals surface area (Å²) in [7, 11) is 0. The van der Waals surface area contributed by atoms with E-state index in [1.165, 1.54) is 6.07 Å². The molecule has 1 N–H and O–H groups in total. The van der Waals surface area contributed by atoms with E-state index in [0.717, 1.165) is 5.56 Å². The Kier molecular flexibility index (Phi) is 3.95. The maximum absolute atomic E-state index is 10.2. The zero-order chi connectivity index (χ0) is 12.4. The largest absolute Gasteiger partial charge is 0.384 e. The van der Waals surface area contributed by atoms with Gasteiger partial charge in [-0.15, -0.1) is 0 Å². The van der Waals surface area contributed by atoms with Crippen LogP contribution in [0.4, 0.5) is 0 Å². The number of halogens is 3. The van der Waals surface area contributed by atoms with Crippen LogP contribution in [0.2, 0.25) is 15.1 Å². The third-order valence-electron chi connectivity index (χ3n) is 2.45. The molecule has 0 aliphatic heterocycles. The van der Waals surface area contributed by atoms with E-state index in [1.54, 1.807) is 6.07 Å². The summed E-state index contributed by atoms with van der Waals surface area (Å²) in [5.74, 6) is 0. The highest BCUT2D eigenvalue weighted by molar-refractivity contribution is 6.43. The minimum absolute atomic E-state index is 0.376. The first-order chi connectivity index (χ1) is 8.09. The van der Waals surface area contributed by atoms with Crippen molar-refractivity contribution in [2.45, 2.75) is 6.10 Å². The van der Waals surface area contributed by atoms with Gasteiger partial charge in [0.2, 0.25) is 0 Å². The van der Waals surface area contributed by atoms with Crippen molar-refractivity contribution < 1.29 is 5.11 Å². The zero-order valence-corrected chi connectivity index (χ0v) is 11.0. The molecule has 1 atom stereocenters. The summed E-state index contributed by atoms with van der Waals surface area (Å²) in [5.41, 5.74) is 1.31. The first-order valence-corrected chi connectivity index (χ1v) is 6.10. The van der Waals surface area contributed by atoms with Gasteiger partial charge in [0.05, 0.1) is 10.0 Å². The zero-order valence-electron chi connectivity index (χ0n) is 8.70. The Labute approximate surface area is 115 Å². The van der Waals surface area contributed by atoms with Crippen LogP contribution >= 0.6 is 34.8 Å². The van der Waals surface area contributed by atoms with Gasteiger partial charge in [0.15, 0.2) is 0 Å². The molecular formula is C13H9Cl3O. The summed E-state index contributed by atoms with van der Waals surface area (Å²) < 4.78 is 0. The fourth-order valence-electron chi connectivity index (χ4n) is 1.56. The average molecular weight is 288 g/mol. The van der Waals surface area contributed by atoms with E-state index in [4.69, 9.17) is 34.8 Å². The maximum Gasteiger partial charge on any atom is 0.106 e. The molecule has 0 amide bonds. The molecule has 4 heteroatoms. The summed E-state index contributed by atoms with van der Waals surface area (Å²) in [6.45, 7) is 0. The molecule has 1 nitrogen and oxygen atoms in total. The Morgan fingerprint density at radius 3 is 2.06 bits per heavy atom.